The molecule has 2 rings (SSSR count). The Kier molecular flexibility index (Phi) is 2.51. The molecule has 0 aromatic carbocycles. The Morgan fingerprint density at radius 1 is 1.12 bits per heavy atom. The fourth-order valence-electron chi connectivity index (χ4n) is 3.46. The first-order chi connectivity index (χ1) is 7.12. The molecule has 2 aliphatic rings. The Morgan fingerprint density at radius 2 is 1.69 bits per heavy atom. The Hall–Kier alpha value is -0.370. The van der Waals surface area contributed by atoms with Crippen molar-refractivity contribution in [3.8, 4) is 0 Å². The number of carbonyl (C=O) groups is 1. The molecule has 1 aliphatic carbocycles. The van der Waals surface area contributed by atoms with Crippen molar-refractivity contribution in [2.24, 2.45) is 11.3 Å². The Balaban J connectivity index is 2.28. The van der Waals surface area contributed by atoms with Gasteiger partial charge in [-0.2, -0.15) is 0 Å². The molecule has 0 radical (unpaired) electrons. The highest BCUT2D eigenvalue weighted by Crippen LogP contribution is 2.49. The topological polar surface area (TPSA) is 20.3 Å². The van der Waals surface area contributed by atoms with Crippen LogP contribution in [0, 0.1) is 11.3 Å². The highest BCUT2D eigenvalue weighted by Gasteiger charge is 2.57. The molecule has 0 aromatic heterocycles. The largest absolute Gasteiger partial charge is 0.299 e. The van der Waals surface area contributed by atoms with E-state index in [1.54, 1.807) is 0 Å². The molecular formula is C14H25NO. The molecule has 0 N–H and O–H groups in total. The number of fused-ring (bicyclic) bond motifs is 1. The van der Waals surface area contributed by atoms with E-state index in [1.165, 1.54) is 0 Å². The van der Waals surface area contributed by atoms with Gasteiger partial charge in [0.15, 0.2) is 0 Å². The number of hydrogen-bond acceptors (Lipinski definition) is 2. The van der Waals surface area contributed by atoms with Crippen molar-refractivity contribution in [1.29, 1.82) is 0 Å². The standard InChI is InChI=1S/C14H25NO/c1-13(2,3)12-7-9-10(8-11(9)16)15(12)14(4,5)6/h9-10,12H,7-8H2,1-6H3/t9-,10-,12+/m1/s1. The molecule has 0 amide bonds. The molecule has 1 aliphatic heterocycles. The van der Waals surface area contributed by atoms with Gasteiger partial charge >= 0.3 is 0 Å². The molecule has 1 saturated carbocycles. The highest BCUT2D eigenvalue weighted by molar-refractivity contribution is 5.89. The summed E-state index contributed by atoms with van der Waals surface area (Å²) in [7, 11) is 0. The molecule has 2 heteroatoms. The predicted molar refractivity (Wildman–Crippen MR) is 66.4 cm³/mol. The number of likely N-dealkylation sites (tertiary alicyclic amines) is 1. The van der Waals surface area contributed by atoms with E-state index in [-0.39, 0.29) is 11.0 Å². The first-order valence-corrected chi connectivity index (χ1v) is 6.43. The van der Waals surface area contributed by atoms with Gasteiger partial charge in [-0.05, 0) is 32.6 Å². The lowest BCUT2D eigenvalue weighted by molar-refractivity contribution is -0.134. The smallest absolute Gasteiger partial charge is 0.139 e. The van der Waals surface area contributed by atoms with Gasteiger partial charge < -0.3 is 0 Å². The summed E-state index contributed by atoms with van der Waals surface area (Å²) in [6.07, 6.45) is 1.86. The molecule has 92 valence electrons. The molecule has 0 spiro atoms. The number of ketones is 1. The van der Waals surface area contributed by atoms with Crippen LogP contribution in [0.15, 0.2) is 0 Å². The third-order valence-electron chi connectivity index (χ3n) is 4.23. The second-order valence-electron chi connectivity index (χ2n) is 7.54. The van der Waals surface area contributed by atoms with Crippen molar-refractivity contribution in [3.05, 3.63) is 0 Å². The lowest BCUT2D eigenvalue weighted by Gasteiger charge is -2.47. The minimum Gasteiger partial charge on any atom is -0.299 e. The van der Waals surface area contributed by atoms with Crippen LogP contribution in [0.3, 0.4) is 0 Å². The summed E-state index contributed by atoms with van der Waals surface area (Å²) in [6, 6.07) is 1.07. The van der Waals surface area contributed by atoms with Gasteiger partial charge in [-0.3, -0.25) is 9.69 Å². The SMILES string of the molecule is CC(C)(C)[C@@H]1C[C@H]2C(=O)C[C@H]2N1C(C)(C)C. The van der Waals surface area contributed by atoms with Gasteiger partial charge in [0.1, 0.15) is 5.78 Å². The van der Waals surface area contributed by atoms with Crippen LogP contribution in [0.4, 0.5) is 0 Å². The fourth-order valence-corrected chi connectivity index (χ4v) is 3.46. The summed E-state index contributed by atoms with van der Waals surface area (Å²) in [5.74, 6) is 0.828. The number of carbonyl (C=O) groups excluding carboxylic acids is 1. The van der Waals surface area contributed by atoms with Crippen molar-refractivity contribution in [1.82, 2.24) is 4.90 Å². The van der Waals surface area contributed by atoms with Crippen molar-refractivity contribution in [2.45, 2.75) is 72.0 Å². The van der Waals surface area contributed by atoms with Gasteiger partial charge in [-0.25, -0.2) is 0 Å². The van der Waals surface area contributed by atoms with Crippen LogP contribution in [-0.2, 0) is 4.79 Å². The van der Waals surface area contributed by atoms with E-state index in [2.05, 4.69) is 46.4 Å². The van der Waals surface area contributed by atoms with Gasteiger partial charge in [0, 0.05) is 30.0 Å². The predicted octanol–water partition coefficient (Wildman–Crippen LogP) is 2.86. The van der Waals surface area contributed by atoms with Crippen LogP contribution in [0.2, 0.25) is 0 Å². The van der Waals surface area contributed by atoms with Crippen LogP contribution < -0.4 is 0 Å². The van der Waals surface area contributed by atoms with E-state index >= 15 is 0 Å². The average Bonchev–Trinajstić information content (AvgIpc) is 2.35. The second-order valence-corrected chi connectivity index (χ2v) is 7.54. The van der Waals surface area contributed by atoms with Crippen molar-refractivity contribution < 1.29 is 4.79 Å². The molecule has 2 nitrogen and oxygen atoms in total. The quantitative estimate of drug-likeness (QED) is 0.629. The number of nitrogens with zero attached hydrogens (tertiary/aromatic N) is 1. The van der Waals surface area contributed by atoms with E-state index < -0.39 is 0 Å². The fraction of sp³-hybridized carbons (Fsp3) is 0.929. The van der Waals surface area contributed by atoms with E-state index in [1.807, 2.05) is 0 Å². The maximum absolute atomic E-state index is 11.6. The van der Waals surface area contributed by atoms with Crippen LogP contribution in [0.25, 0.3) is 0 Å². The Morgan fingerprint density at radius 3 is 2.06 bits per heavy atom. The zero-order valence-corrected chi connectivity index (χ0v) is 11.5. The van der Waals surface area contributed by atoms with E-state index in [0.717, 1.165) is 12.8 Å². The normalized spacial score (nSPS) is 36.1. The van der Waals surface area contributed by atoms with Gasteiger partial charge in [0.05, 0.1) is 0 Å². The molecule has 0 bridgehead atoms. The van der Waals surface area contributed by atoms with Crippen LogP contribution in [-0.4, -0.2) is 28.3 Å². The molecule has 3 atom stereocenters. The van der Waals surface area contributed by atoms with Crippen molar-refractivity contribution in [2.75, 3.05) is 0 Å². The first kappa shape index (κ1) is 12.1. The zero-order valence-electron chi connectivity index (χ0n) is 11.5. The molecule has 1 saturated heterocycles. The molecular weight excluding hydrogens is 198 g/mol. The molecule has 2 fully saturated rings. The number of rotatable bonds is 0. The lowest BCUT2D eigenvalue weighted by atomic mass is 9.76. The maximum atomic E-state index is 11.6. The molecule has 0 aromatic rings. The van der Waals surface area contributed by atoms with Gasteiger partial charge in [0.2, 0.25) is 0 Å². The monoisotopic (exact) mass is 223 g/mol. The van der Waals surface area contributed by atoms with E-state index in [4.69, 9.17) is 0 Å². The summed E-state index contributed by atoms with van der Waals surface area (Å²) >= 11 is 0. The average molecular weight is 223 g/mol. The number of hydrogen-bond donors (Lipinski definition) is 0. The van der Waals surface area contributed by atoms with Gasteiger partial charge in [0.25, 0.3) is 0 Å². The van der Waals surface area contributed by atoms with Crippen molar-refractivity contribution >= 4 is 5.78 Å². The second kappa shape index (κ2) is 3.32. The van der Waals surface area contributed by atoms with Crippen LogP contribution in [0.1, 0.15) is 54.4 Å². The number of Topliss-reactive ketones (excluding diaryl/α,β-unsaturated/α-hetero) is 1. The van der Waals surface area contributed by atoms with Crippen molar-refractivity contribution in [3.63, 3.8) is 0 Å². The Bertz CT molecular complexity index is 308. The molecule has 16 heavy (non-hydrogen) atoms. The van der Waals surface area contributed by atoms with E-state index in [9.17, 15) is 4.79 Å². The molecule has 1 heterocycles. The minimum absolute atomic E-state index is 0.179. The van der Waals surface area contributed by atoms with Crippen LogP contribution in [0.5, 0.6) is 0 Å². The minimum atomic E-state index is 0.179. The summed E-state index contributed by atoms with van der Waals surface area (Å²) in [5.41, 5.74) is 0.447. The molecule has 0 unspecified atom stereocenters. The maximum Gasteiger partial charge on any atom is 0.139 e. The van der Waals surface area contributed by atoms with Gasteiger partial charge in [-0.1, -0.05) is 20.8 Å². The van der Waals surface area contributed by atoms with Gasteiger partial charge in [-0.15, -0.1) is 0 Å². The van der Waals surface area contributed by atoms with Crippen LogP contribution >= 0.6 is 0 Å². The lowest BCUT2D eigenvalue weighted by Crippen LogP contribution is -2.57. The summed E-state index contributed by atoms with van der Waals surface area (Å²) < 4.78 is 0. The third-order valence-corrected chi connectivity index (χ3v) is 4.23. The summed E-state index contributed by atoms with van der Waals surface area (Å²) in [5, 5.41) is 0. The highest BCUT2D eigenvalue weighted by atomic mass is 16.1. The Labute approximate surface area is 99.4 Å². The zero-order chi connectivity index (χ0) is 12.3. The first-order valence-electron chi connectivity index (χ1n) is 6.43. The van der Waals surface area contributed by atoms with E-state index in [0.29, 0.717) is 23.8 Å². The summed E-state index contributed by atoms with van der Waals surface area (Å²) in [4.78, 5) is 14.2. The third kappa shape index (κ3) is 1.71. The summed E-state index contributed by atoms with van der Waals surface area (Å²) in [6.45, 7) is 13.7.